The first kappa shape index (κ1) is 27.0. The molecule has 8 heteroatoms. The lowest BCUT2D eigenvalue weighted by Gasteiger charge is -2.09. The molecule has 0 saturated carbocycles. The summed E-state index contributed by atoms with van der Waals surface area (Å²) in [6, 6.07) is 21.4. The standard InChI is InChI=1S/C29H30N2O6/c1-3-4-18-35-24-12-14-25(15-13-24)36-21-28(32)31-30-20-23-10-16-26(27(19-23)34-2)37-29(33)17-11-22-8-6-5-7-9-22/h5-17,19-20H,3-4,18,21H2,1-2H3,(H,31,32)/b17-11+,30-20-. The summed E-state index contributed by atoms with van der Waals surface area (Å²) >= 11 is 0. The van der Waals surface area contributed by atoms with E-state index in [0.717, 1.165) is 24.2 Å². The van der Waals surface area contributed by atoms with Gasteiger partial charge in [0, 0.05) is 6.08 Å². The van der Waals surface area contributed by atoms with E-state index < -0.39 is 11.9 Å². The predicted molar refractivity (Wildman–Crippen MR) is 142 cm³/mol. The van der Waals surface area contributed by atoms with Gasteiger partial charge < -0.3 is 18.9 Å². The van der Waals surface area contributed by atoms with Crippen molar-refractivity contribution >= 4 is 24.2 Å². The number of carbonyl (C=O) groups is 2. The maximum Gasteiger partial charge on any atom is 0.336 e. The van der Waals surface area contributed by atoms with Crippen molar-refractivity contribution in [2.75, 3.05) is 20.3 Å². The molecule has 1 N–H and O–H groups in total. The number of amides is 1. The van der Waals surface area contributed by atoms with Gasteiger partial charge in [0.15, 0.2) is 18.1 Å². The average molecular weight is 503 g/mol. The summed E-state index contributed by atoms with van der Waals surface area (Å²) < 4.78 is 21.8. The summed E-state index contributed by atoms with van der Waals surface area (Å²) in [5.74, 6) is 0.977. The zero-order valence-electron chi connectivity index (χ0n) is 20.9. The molecule has 3 rings (SSSR count). The molecule has 1 amide bonds. The number of unbranched alkanes of at least 4 members (excludes halogenated alkanes) is 1. The van der Waals surface area contributed by atoms with Crippen LogP contribution in [0.25, 0.3) is 6.08 Å². The Morgan fingerprint density at radius 3 is 2.32 bits per heavy atom. The van der Waals surface area contributed by atoms with E-state index >= 15 is 0 Å². The number of hydrazone groups is 1. The molecule has 0 fully saturated rings. The van der Waals surface area contributed by atoms with Crippen molar-refractivity contribution in [2.45, 2.75) is 19.8 Å². The van der Waals surface area contributed by atoms with Gasteiger partial charge in [0.1, 0.15) is 11.5 Å². The van der Waals surface area contributed by atoms with Crippen molar-refractivity contribution in [1.29, 1.82) is 0 Å². The third-order valence-corrected chi connectivity index (χ3v) is 4.97. The zero-order valence-corrected chi connectivity index (χ0v) is 20.9. The van der Waals surface area contributed by atoms with E-state index in [9.17, 15) is 9.59 Å². The van der Waals surface area contributed by atoms with Crippen molar-refractivity contribution in [3.63, 3.8) is 0 Å². The van der Waals surface area contributed by atoms with Gasteiger partial charge in [-0.3, -0.25) is 4.79 Å². The van der Waals surface area contributed by atoms with Gasteiger partial charge in [-0.05, 0) is 66.1 Å². The van der Waals surface area contributed by atoms with Crippen LogP contribution >= 0.6 is 0 Å². The van der Waals surface area contributed by atoms with Gasteiger partial charge in [-0.1, -0.05) is 43.7 Å². The number of ether oxygens (including phenoxy) is 4. The molecule has 0 unspecified atom stereocenters. The van der Waals surface area contributed by atoms with E-state index in [1.54, 1.807) is 48.5 Å². The number of nitrogens with zero attached hydrogens (tertiary/aromatic N) is 1. The SMILES string of the molecule is CCCCOc1ccc(OCC(=O)N/N=C\c2ccc(OC(=O)/C=C/c3ccccc3)c(OC)c2)cc1. The fourth-order valence-corrected chi connectivity index (χ4v) is 3.05. The average Bonchev–Trinajstić information content (AvgIpc) is 2.93. The Labute approximate surface area is 216 Å². The third-order valence-electron chi connectivity index (χ3n) is 4.97. The molecule has 0 saturated heterocycles. The Morgan fingerprint density at radius 2 is 1.62 bits per heavy atom. The molecule has 192 valence electrons. The van der Waals surface area contributed by atoms with Crippen LogP contribution in [0.3, 0.4) is 0 Å². The Balaban J connectivity index is 1.46. The van der Waals surface area contributed by atoms with Gasteiger partial charge >= 0.3 is 5.97 Å². The summed E-state index contributed by atoms with van der Waals surface area (Å²) in [4.78, 5) is 24.2. The minimum Gasteiger partial charge on any atom is -0.494 e. The molecule has 3 aromatic carbocycles. The van der Waals surface area contributed by atoms with Crippen molar-refractivity contribution in [2.24, 2.45) is 5.10 Å². The van der Waals surface area contributed by atoms with Gasteiger partial charge in [-0.25, -0.2) is 10.2 Å². The smallest absolute Gasteiger partial charge is 0.336 e. The summed E-state index contributed by atoms with van der Waals surface area (Å²) in [7, 11) is 1.47. The van der Waals surface area contributed by atoms with Crippen LogP contribution in [0.2, 0.25) is 0 Å². The number of nitrogens with one attached hydrogen (secondary N) is 1. The van der Waals surface area contributed by atoms with Crippen LogP contribution in [0, 0.1) is 0 Å². The van der Waals surface area contributed by atoms with E-state index in [1.165, 1.54) is 19.4 Å². The highest BCUT2D eigenvalue weighted by Gasteiger charge is 2.09. The highest BCUT2D eigenvalue weighted by Crippen LogP contribution is 2.28. The lowest BCUT2D eigenvalue weighted by Crippen LogP contribution is -2.24. The highest BCUT2D eigenvalue weighted by molar-refractivity contribution is 5.89. The molecule has 0 atom stereocenters. The number of esters is 1. The molecule has 37 heavy (non-hydrogen) atoms. The maximum atomic E-state index is 12.2. The summed E-state index contributed by atoms with van der Waals surface area (Å²) in [6.45, 7) is 2.58. The van der Waals surface area contributed by atoms with Crippen molar-refractivity contribution in [3.8, 4) is 23.0 Å². The predicted octanol–water partition coefficient (Wildman–Crippen LogP) is 5.02. The van der Waals surface area contributed by atoms with Gasteiger partial charge in [0.2, 0.25) is 0 Å². The Hall–Kier alpha value is -4.59. The molecule has 0 aliphatic heterocycles. The third kappa shape index (κ3) is 9.52. The number of hydrogen-bond acceptors (Lipinski definition) is 7. The molecule has 0 aliphatic rings. The summed E-state index contributed by atoms with van der Waals surface area (Å²) in [5, 5.41) is 3.94. The second-order valence-corrected chi connectivity index (χ2v) is 7.83. The van der Waals surface area contributed by atoms with Crippen LogP contribution in [0.4, 0.5) is 0 Å². The fraction of sp³-hybridized carbons (Fsp3) is 0.207. The van der Waals surface area contributed by atoms with Gasteiger partial charge in [0.25, 0.3) is 5.91 Å². The topological polar surface area (TPSA) is 95.5 Å². The fourth-order valence-electron chi connectivity index (χ4n) is 3.05. The minimum absolute atomic E-state index is 0.192. The van der Waals surface area contributed by atoms with E-state index in [0.29, 0.717) is 23.7 Å². The van der Waals surface area contributed by atoms with Crippen LogP contribution in [0.15, 0.2) is 84.0 Å². The van der Waals surface area contributed by atoms with Gasteiger partial charge in [0.05, 0.1) is 19.9 Å². The maximum absolute atomic E-state index is 12.2. The van der Waals surface area contributed by atoms with Crippen LogP contribution in [-0.4, -0.2) is 38.4 Å². The van der Waals surface area contributed by atoms with E-state index in [4.69, 9.17) is 18.9 Å². The second-order valence-electron chi connectivity index (χ2n) is 7.83. The van der Waals surface area contributed by atoms with Crippen molar-refractivity contribution < 1.29 is 28.5 Å². The molecule has 0 aliphatic carbocycles. The Bertz CT molecular complexity index is 1210. The van der Waals surface area contributed by atoms with Crippen molar-refractivity contribution in [1.82, 2.24) is 5.43 Å². The first-order valence-electron chi connectivity index (χ1n) is 11.9. The molecule has 0 heterocycles. The zero-order chi connectivity index (χ0) is 26.3. The van der Waals surface area contributed by atoms with Crippen molar-refractivity contribution in [3.05, 3.63) is 90.0 Å². The number of rotatable bonds is 13. The Morgan fingerprint density at radius 1 is 0.892 bits per heavy atom. The molecule has 3 aromatic rings. The van der Waals surface area contributed by atoms with Gasteiger partial charge in [-0.2, -0.15) is 5.10 Å². The molecule has 0 bridgehead atoms. The summed E-state index contributed by atoms with van der Waals surface area (Å²) in [5.41, 5.74) is 3.93. The molecule has 0 radical (unpaired) electrons. The number of benzene rings is 3. The highest BCUT2D eigenvalue weighted by atomic mass is 16.6. The lowest BCUT2D eigenvalue weighted by molar-refractivity contribution is -0.129. The molecular weight excluding hydrogens is 472 g/mol. The normalized spacial score (nSPS) is 10.9. The van der Waals surface area contributed by atoms with E-state index in [-0.39, 0.29) is 12.4 Å². The minimum atomic E-state index is -0.533. The monoisotopic (exact) mass is 502 g/mol. The quantitative estimate of drug-likeness (QED) is 0.0881. The number of methoxy groups -OCH3 is 1. The van der Waals surface area contributed by atoms with E-state index in [2.05, 4.69) is 17.5 Å². The van der Waals surface area contributed by atoms with Crippen LogP contribution < -0.4 is 24.4 Å². The molecule has 0 spiro atoms. The summed E-state index contributed by atoms with van der Waals surface area (Å²) in [6.07, 6.45) is 6.53. The van der Waals surface area contributed by atoms with Crippen LogP contribution in [-0.2, 0) is 9.59 Å². The molecular formula is C29H30N2O6. The first-order valence-corrected chi connectivity index (χ1v) is 11.9. The number of carbonyl (C=O) groups excluding carboxylic acids is 2. The largest absolute Gasteiger partial charge is 0.494 e. The second kappa shape index (κ2) is 14.7. The van der Waals surface area contributed by atoms with E-state index in [1.807, 2.05) is 30.3 Å². The molecule has 0 aromatic heterocycles. The number of hydrogen-bond donors (Lipinski definition) is 1. The molecule has 8 nitrogen and oxygen atoms in total. The van der Waals surface area contributed by atoms with Crippen LogP contribution in [0.1, 0.15) is 30.9 Å². The lowest BCUT2D eigenvalue weighted by atomic mass is 10.2. The van der Waals surface area contributed by atoms with Crippen LogP contribution in [0.5, 0.6) is 23.0 Å². The van der Waals surface area contributed by atoms with Gasteiger partial charge in [-0.15, -0.1) is 0 Å². The Kier molecular flexibility index (Phi) is 10.7. The first-order chi connectivity index (χ1) is 18.1.